The number of rotatable bonds is 11. The molecular weight excluding hydrogens is 468 g/mol. The summed E-state index contributed by atoms with van der Waals surface area (Å²) in [6.07, 6.45) is -0.171. The summed E-state index contributed by atoms with van der Waals surface area (Å²) in [5, 5.41) is 10.8. The number of fused-ring (bicyclic) bond motifs is 1. The van der Waals surface area contributed by atoms with Gasteiger partial charge in [0, 0.05) is 17.6 Å². The molecule has 184 valence electrons. The van der Waals surface area contributed by atoms with Gasteiger partial charge in [-0.25, -0.2) is 4.79 Å². The van der Waals surface area contributed by atoms with Crippen molar-refractivity contribution in [1.29, 1.82) is 0 Å². The van der Waals surface area contributed by atoms with E-state index in [1.165, 1.54) is 16.7 Å². The highest BCUT2D eigenvalue weighted by Gasteiger charge is 2.64. The Morgan fingerprint density at radius 1 is 1.12 bits per heavy atom. The second-order valence-electron chi connectivity index (χ2n) is 8.25. The van der Waals surface area contributed by atoms with Crippen LogP contribution in [0.5, 0.6) is 5.75 Å². The molecule has 2 fully saturated rings. The average Bonchev–Trinajstić information content (AvgIpc) is 3.04. The second kappa shape index (κ2) is 10.8. The van der Waals surface area contributed by atoms with Gasteiger partial charge in [0.25, 0.3) is 5.91 Å². The lowest BCUT2D eigenvalue weighted by atomic mass is 9.96. The number of carbonyl (C=O) groups excluding carboxylic acids is 4. The Bertz CT molecular complexity index is 953. The van der Waals surface area contributed by atoms with Crippen LogP contribution in [0.1, 0.15) is 33.1 Å². The van der Waals surface area contributed by atoms with E-state index in [9.17, 15) is 24.0 Å². The molecule has 0 saturated carbocycles. The van der Waals surface area contributed by atoms with E-state index in [0.717, 1.165) is 0 Å². The van der Waals surface area contributed by atoms with Crippen molar-refractivity contribution >= 4 is 41.5 Å². The van der Waals surface area contributed by atoms with E-state index >= 15 is 0 Å². The summed E-state index contributed by atoms with van der Waals surface area (Å²) in [5.41, 5.74) is 0. The fourth-order valence-corrected chi connectivity index (χ4v) is 5.32. The first-order valence-corrected chi connectivity index (χ1v) is 11.5. The topological polar surface area (TPSA) is 149 Å². The number of thioether (sulfide) groups is 1. The summed E-state index contributed by atoms with van der Waals surface area (Å²) >= 11 is 1.36. The molecule has 1 aromatic carbocycles. The Balaban J connectivity index is 1.47. The predicted molar refractivity (Wildman–Crippen MR) is 118 cm³/mol. The summed E-state index contributed by atoms with van der Waals surface area (Å²) in [6.45, 7) is 2.68. The van der Waals surface area contributed by atoms with Crippen LogP contribution in [0, 0.1) is 0 Å². The number of β-lactam (4-membered cyclic amide) rings is 1. The Morgan fingerprint density at radius 2 is 1.82 bits per heavy atom. The molecule has 34 heavy (non-hydrogen) atoms. The third kappa shape index (κ3) is 5.99. The van der Waals surface area contributed by atoms with Gasteiger partial charge in [-0.05, 0) is 32.4 Å². The number of nitrogens with zero attached hydrogens (tertiary/aromatic N) is 1. The number of hydrogen-bond acceptors (Lipinski definition) is 9. The highest BCUT2D eigenvalue weighted by molar-refractivity contribution is 8.01. The number of para-hydroxylation sites is 1. The van der Waals surface area contributed by atoms with Crippen molar-refractivity contribution in [1.82, 2.24) is 10.2 Å². The molecule has 1 aromatic rings. The third-order valence-electron chi connectivity index (χ3n) is 5.29. The van der Waals surface area contributed by atoms with Gasteiger partial charge in [-0.3, -0.25) is 19.2 Å². The molecule has 3 rings (SSSR count). The molecular formula is C22H26N2O9S. The van der Waals surface area contributed by atoms with Crippen molar-refractivity contribution in [2.24, 2.45) is 0 Å². The van der Waals surface area contributed by atoms with Crippen LogP contribution in [0.15, 0.2) is 30.3 Å². The normalized spacial score (nSPS) is 22.2. The smallest absolute Gasteiger partial charge is 0.333 e. The fraction of sp³-hybridized carbons (Fsp3) is 0.500. The molecule has 0 radical (unpaired) electrons. The van der Waals surface area contributed by atoms with Gasteiger partial charge in [0.15, 0.2) is 6.61 Å². The number of amides is 2. The number of ether oxygens (including phenoxy) is 3. The molecule has 0 aliphatic carbocycles. The molecule has 2 aliphatic heterocycles. The van der Waals surface area contributed by atoms with Crippen molar-refractivity contribution in [2.45, 2.75) is 55.3 Å². The van der Waals surface area contributed by atoms with Crippen LogP contribution in [-0.4, -0.2) is 75.3 Å². The molecule has 12 heteroatoms. The van der Waals surface area contributed by atoms with Gasteiger partial charge in [0.2, 0.25) is 12.7 Å². The number of carboxylic acid groups (broad SMARTS) is 1. The largest absolute Gasteiger partial charge is 0.484 e. The van der Waals surface area contributed by atoms with Crippen LogP contribution >= 0.6 is 11.8 Å². The van der Waals surface area contributed by atoms with E-state index in [-0.39, 0.29) is 25.9 Å². The van der Waals surface area contributed by atoms with Gasteiger partial charge >= 0.3 is 17.9 Å². The maximum absolute atomic E-state index is 12.7. The van der Waals surface area contributed by atoms with Gasteiger partial charge in [0.1, 0.15) is 23.2 Å². The number of esters is 2. The van der Waals surface area contributed by atoms with Crippen molar-refractivity contribution in [3.05, 3.63) is 30.3 Å². The van der Waals surface area contributed by atoms with E-state index in [2.05, 4.69) is 5.32 Å². The summed E-state index contributed by atoms with van der Waals surface area (Å²) in [6, 6.07) is 7.08. The average molecular weight is 495 g/mol. The number of carbonyl (C=O) groups is 5. The second-order valence-corrected chi connectivity index (χ2v) is 10.0. The van der Waals surface area contributed by atoms with E-state index in [0.29, 0.717) is 5.75 Å². The molecule has 2 N–H and O–H groups in total. The van der Waals surface area contributed by atoms with Gasteiger partial charge in [-0.15, -0.1) is 11.8 Å². The zero-order valence-electron chi connectivity index (χ0n) is 18.7. The first kappa shape index (κ1) is 25.3. The van der Waals surface area contributed by atoms with E-state index in [1.54, 1.807) is 38.1 Å². The summed E-state index contributed by atoms with van der Waals surface area (Å²) in [7, 11) is 0. The van der Waals surface area contributed by atoms with Crippen LogP contribution < -0.4 is 10.1 Å². The lowest BCUT2D eigenvalue weighted by Crippen LogP contribution is -2.71. The van der Waals surface area contributed by atoms with E-state index in [4.69, 9.17) is 19.3 Å². The van der Waals surface area contributed by atoms with Crippen LogP contribution in [0.2, 0.25) is 0 Å². The minimum Gasteiger partial charge on any atom is -0.484 e. The first-order valence-electron chi connectivity index (χ1n) is 10.6. The maximum Gasteiger partial charge on any atom is 0.333 e. The van der Waals surface area contributed by atoms with Gasteiger partial charge in [0.05, 0.1) is 0 Å². The van der Waals surface area contributed by atoms with Crippen molar-refractivity contribution in [3.63, 3.8) is 0 Å². The zero-order valence-corrected chi connectivity index (χ0v) is 19.5. The maximum atomic E-state index is 12.7. The van der Waals surface area contributed by atoms with Crippen LogP contribution in [0.3, 0.4) is 0 Å². The number of aliphatic carboxylic acids is 1. The standard InChI is InChI=1S/C22H26N2O9S/c1-22(2)18(21(30)33-12-32-16(28)10-6-9-15(26)27)24-19(29)17(20(24)34-22)23-14(25)11-31-13-7-4-3-5-8-13/h3-5,7-8,17-18,20H,6,9-12H2,1-2H3,(H,23,25)(H,26,27)/t17?,18-,20+/m0/s1. The molecule has 0 spiro atoms. The lowest BCUT2D eigenvalue weighted by Gasteiger charge is -2.43. The molecule has 1 unspecified atom stereocenters. The lowest BCUT2D eigenvalue weighted by molar-refractivity contribution is -0.176. The van der Waals surface area contributed by atoms with Crippen LogP contribution in [0.25, 0.3) is 0 Å². The molecule has 3 atom stereocenters. The van der Waals surface area contributed by atoms with Gasteiger partial charge in [-0.2, -0.15) is 0 Å². The SMILES string of the molecule is CC1(C)S[C@@H]2C(NC(=O)COc3ccccc3)C(=O)N2[C@H]1C(=O)OCOC(=O)CCCC(=O)O. The highest BCUT2D eigenvalue weighted by atomic mass is 32.2. The fourth-order valence-electron chi connectivity index (χ4n) is 3.70. The van der Waals surface area contributed by atoms with Gasteiger partial charge in [-0.1, -0.05) is 18.2 Å². The summed E-state index contributed by atoms with van der Waals surface area (Å²) < 4.78 is 14.6. The first-order chi connectivity index (χ1) is 16.1. The molecule has 2 heterocycles. The number of hydrogen-bond donors (Lipinski definition) is 2. The number of nitrogens with one attached hydrogen (secondary N) is 1. The molecule has 0 bridgehead atoms. The highest BCUT2D eigenvalue weighted by Crippen LogP contribution is 2.51. The third-order valence-corrected chi connectivity index (χ3v) is 6.86. The Labute approximate surface area is 200 Å². The van der Waals surface area contributed by atoms with E-state index < -0.39 is 58.7 Å². The minimum atomic E-state index is -1.02. The Kier molecular flexibility index (Phi) is 8.02. The molecule has 2 saturated heterocycles. The molecule has 0 aromatic heterocycles. The minimum absolute atomic E-state index is 0.113. The van der Waals surface area contributed by atoms with Crippen LogP contribution in [0.4, 0.5) is 0 Å². The zero-order chi connectivity index (χ0) is 24.9. The van der Waals surface area contributed by atoms with E-state index in [1.807, 2.05) is 6.07 Å². The number of carboxylic acids is 1. The summed E-state index contributed by atoms with van der Waals surface area (Å²) in [5.74, 6) is -2.78. The monoisotopic (exact) mass is 494 g/mol. The van der Waals surface area contributed by atoms with Gasteiger partial charge < -0.3 is 29.5 Å². The summed E-state index contributed by atoms with van der Waals surface area (Å²) in [4.78, 5) is 61.1. The van der Waals surface area contributed by atoms with Crippen molar-refractivity contribution in [2.75, 3.05) is 13.4 Å². The Hall–Kier alpha value is -3.28. The Morgan fingerprint density at radius 3 is 2.50 bits per heavy atom. The predicted octanol–water partition coefficient (Wildman–Crippen LogP) is 0.911. The number of benzene rings is 1. The molecule has 11 nitrogen and oxygen atoms in total. The van der Waals surface area contributed by atoms with Crippen molar-refractivity contribution < 1.29 is 43.3 Å². The van der Waals surface area contributed by atoms with Crippen LogP contribution in [-0.2, 0) is 33.4 Å². The quantitative estimate of drug-likeness (QED) is 0.258. The molecule has 2 aliphatic rings. The molecule has 2 amide bonds. The van der Waals surface area contributed by atoms with Crippen molar-refractivity contribution in [3.8, 4) is 5.75 Å².